The van der Waals surface area contributed by atoms with Gasteiger partial charge in [0, 0.05) is 9.92 Å². The lowest BCUT2D eigenvalue weighted by Gasteiger charge is -2.50. The first kappa shape index (κ1) is 46.9. The lowest BCUT2D eigenvalue weighted by Crippen LogP contribution is -2.67. The van der Waals surface area contributed by atoms with Gasteiger partial charge in [0.25, 0.3) is 11.8 Å². The highest BCUT2D eigenvalue weighted by atomic mass is 35.5. The van der Waals surface area contributed by atoms with Crippen molar-refractivity contribution in [2.75, 3.05) is 6.61 Å². The zero-order valence-electron chi connectivity index (χ0n) is 36.8. The van der Waals surface area contributed by atoms with Gasteiger partial charge in [0.1, 0.15) is 48.1 Å². The maximum absolute atomic E-state index is 14.3. The lowest BCUT2D eigenvalue weighted by atomic mass is 9.95. The molecule has 0 spiro atoms. The number of aliphatic hydroxyl groups is 1. The first-order chi connectivity index (χ1) is 32.8. The summed E-state index contributed by atoms with van der Waals surface area (Å²) in [5, 5.41) is 13.5. The molecule has 0 radical (unpaired) electrons. The Morgan fingerprint density at radius 2 is 1.03 bits per heavy atom. The zero-order chi connectivity index (χ0) is 46.1. The van der Waals surface area contributed by atoms with Gasteiger partial charge >= 0.3 is 0 Å². The molecule has 0 unspecified atom stereocenters. The molecule has 0 aromatic heterocycles. The highest BCUT2D eigenvalue weighted by Gasteiger charge is 2.56. The predicted molar refractivity (Wildman–Crippen MR) is 253 cm³/mol. The minimum absolute atomic E-state index is 0.0301. The molecule has 1 N–H and O–H groups in total. The molecule has 6 aromatic rings. The van der Waals surface area contributed by atoms with Gasteiger partial charge in [-0.3, -0.25) is 14.5 Å². The number of benzene rings is 6. The topological polar surface area (TPSA) is 122 Å². The largest absolute Gasteiger partial charge is 0.388 e. The summed E-state index contributed by atoms with van der Waals surface area (Å²) in [7, 11) is 0. The highest BCUT2D eigenvalue weighted by molar-refractivity contribution is 7.99. The van der Waals surface area contributed by atoms with Crippen LogP contribution in [0.1, 0.15) is 49.9 Å². The Morgan fingerprint density at radius 1 is 0.567 bits per heavy atom. The summed E-state index contributed by atoms with van der Waals surface area (Å²) in [5.41, 5.74) is 3.26. The highest BCUT2D eigenvalue weighted by Crippen LogP contribution is 2.42. The van der Waals surface area contributed by atoms with Crippen molar-refractivity contribution in [1.82, 2.24) is 4.90 Å². The Hall–Kier alpha value is -5.22. The number of rotatable bonds is 18. The summed E-state index contributed by atoms with van der Waals surface area (Å²) >= 11 is 7.55. The van der Waals surface area contributed by atoms with Crippen LogP contribution >= 0.6 is 23.4 Å². The molecule has 11 nitrogen and oxygen atoms in total. The number of amides is 2. The van der Waals surface area contributed by atoms with E-state index >= 15 is 0 Å². The van der Waals surface area contributed by atoms with E-state index in [-0.39, 0.29) is 44.2 Å². The van der Waals surface area contributed by atoms with Crippen molar-refractivity contribution in [3.8, 4) is 0 Å². The minimum atomic E-state index is -1.52. The summed E-state index contributed by atoms with van der Waals surface area (Å²) in [6, 6.07) is 51.7. The molecule has 346 valence electrons. The molecule has 2 saturated heterocycles. The van der Waals surface area contributed by atoms with Crippen LogP contribution in [0.15, 0.2) is 175 Å². The molecule has 9 rings (SSSR count). The Labute approximate surface area is 399 Å². The fourth-order valence-corrected chi connectivity index (χ4v) is 10.0. The Kier molecular flexibility index (Phi) is 15.6. The maximum Gasteiger partial charge on any atom is 0.262 e. The van der Waals surface area contributed by atoms with E-state index in [0.29, 0.717) is 5.02 Å². The van der Waals surface area contributed by atoms with E-state index < -0.39 is 72.3 Å². The molecule has 67 heavy (non-hydrogen) atoms. The summed E-state index contributed by atoms with van der Waals surface area (Å²) in [6.45, 7) is 2.80. The lowest BCUT2D eigenvalue weighted by molar-refractivity contribution is -0.347. The zero-order valence-corrected chi connectivity index (χ0v) is 38.4. The molecule has 0 saturated carbocycles. The number of ether oxygens (including phenoxy) is 7. The van der Waals surface area contributed by atoms with E-state index in [1.165, 1.54) is 11.8 Å². The molecule has 10 atom stereocenters. The molecule has 2 fully saturated rings. The van der Waals surface area contributed by atoms with E-state index in [1.54, 1.807) is 36.4 Å². The number of thioether (sulfide) groups is 1. The second kappa shape index (κ2) is 22.3. The maximum atomic E-state index is 14.3. The van der Waals surface area contributed by atoms with Crippen LogP contribution < -0.4 is 0 Å². The third kappa shape index (κ3) is 11.2. The Morgan fingerprint density at radius 3 is 1.55 bits per heavy atom. The molecule has 6 aromatic carbocycles. The molecule has 0 bridgehead atoms. The SMILES string of the molecule is C[C@@H]1O[C@@H](O[C@H]2[C@H](O)[C@@H](N3C(=O)c4ccccc4C3=O)[C@H](Sc3ccc(Cl)cc3)O[C@@H]2COCc2ccccc2)[C@@H](OCc2ccccc2)[C@H](OCc2ccccc2)[C@@H]1OCc1ccccc1. The van der Waals surface area contributed by atoms with Crippen LogP contribution in [-0.2, 0) is 59.6 Å². The van der Waals surface area contributed by atoms with Crippen molar-refractivity contribution in [3.63, 3.8) is 0 Å². The van der Waals surface area contributed by atoms with Crippen molar-refractivity contribution in [1.29, 1.82) is 0 Å². The van der Waals surface area contributed by atoms with Crippen LogP contribution in [0.3, 0.4) is 0 Å². The summed E-state index contributed by atoms with van der Waals surface area (Å²) in [4.78, 5) is 30.5. The van der Waals surface area contributed by atoms with Crippen LogP contribution in [0, 0.1) is 0 Å². The molecule has 3 aliphatic rings. The summed E-state index contributed by atoms with van der Waals surface area (Å²) in [5.74, 6) is -1.10. The monoisotopic (exact) mass is 941 g/mol. The fourth-order valence-electron chi connectivity index (χ4n) is 8.71. The number of hydrogen-bond donors (Lipinski definition) is 1. The third-order valence-corrected chi connectivity index (χ3v) is 13.5. The van der Waals surface area contributed by atoms with E-state index in [4.69, 9.17) is 44.8 Å². The van der Waals surface area contributed by atoms with Gasteiger partial charge in [0.15, 0.2) is 6.29 Å². The van der Waals surface area contributed by atoms with Crippen LogP contribution in [-0.4, -0.2) is 88.9 Å². The molecule has 2 amide bonds. The smallest absolute Gasteiger partial charge is 0.262 e. The molecule has 13 heteroatoms. The van der Waals surface area contributed by atoms with Gasteiger partial charge < -0.3 is 38.3 Å². The molecule has 0 aliphatic carbocycles. The number of hydrogen-bond acceptors (Lipinski definition) is 11. The van der Waals surface area contributed by atoms with Crippen molar-refractivity contribution in [2.45, 2.75) is 98.7 Å². The van der Waals surface area contributed by atoms with Gasteiger partial charge in [-0.05, 0) is 65.6 Å². The standard InChI is InChI=1S/C54H52ClNO10S/c1-35-47(61-31-37-18-8-3-9-19-37)49(62-32-38-20-10-4-11-21-38)50(63-33-39-22-12-5-13-23-39)53(64-35)66-48-44(34-60-30-36-16-6-2-7-17-36)65-54(67-41-28-26-40(55)27-29-41)45(46(48)57)56-51(58)42-24-14-15-25-43(42)52(56)59/h2-29,35,44-50,53-54,57H,30-34H2,1H3/t35-,44+,45+,46+,47+,48+,49+,50-,53-,54-/m0/s1. The number of aliphatic hydroxyl groups excluding tert-OH is 1. The number of halogens is 1. The van der Waals surface area contributed by atoms with E-state index in [9.17, 15) is 14.7 Å². The molecular formula is C54H52ClNO10S. The van der Waals surface area contributed by atoms with Gasteiger partial charge in [-0.1, -0.05) is 157 Å². The van der Waals surface area contributed by atoms with Crippen LogP contribution in [0.5, 0.6) is 0 Å². The average Bonchev–Trinajstić information content (AvgIpc) is 3.61. The predicted octanol–water partition coefficient (Wildman–Crippen LogP) is 9.29. The van der Waals surface area contributed by atoms with Crippen molar-refractivity contribution in [3.05, 3.63) is 208 Å². The first-order valence-electron chi connectivity index (χ1n) is 22.4. The van der Waals surface area contributed by atoms with Crippen molar-refractivity contribution in [2.24, 2.45) is 0 Å². The normalized spacial score (nSPS) is 26.1. The van der Waals surface area contributed by atoms with Gasteiger partial charge in [0.2, 0.25) is 0 Å². The second-order valence-electron chi connectivity index (χ2n) is 16.7. The van der Waals surface area contributed by atoms with Gasteiger partial charge in [-0.25, -0.2) is 0 Å². The molecule has 3 aliphatic heterocycles. The molecular weight excluding hydrogens is 890 g/mol. The van der Waals surface area contributed by atoms with Gasteiger partial charge in [-0.2, -0.15) is 0 Å². The quantitative estimate of drug-likeness (QED) is 0.0831. The van der Waals surface area contributed by atoms with E-state index in [2.05, 4.69) is 0 Å². The third-order valence-electron chi connectivity index (χ3n) is 12.1. The van der Waals surface area contributed by atoms with Gasteiger partial charge in [0.05, 0.1) is 50.3 Å². The number of nitrogens with zero attached hydrogens (tertiary/aromatic N) is 1. The van der Waals surface area contributed by atoms with Crippen molar-refractivity contribution < 1.29 is 47.9 Å². The number of carbonyl (C=O) groups is 2. The molecule has 3 heterocycles. The average molecular weight is 943 g/mol. The first-order valence-corrected chi connectivity index (χ1v) is 23.7. The number of fused-ring (bicyclic) bond motifs is 1. The Balaban J connectivity index is 1.08. The second-order valence-corrected chi connectivity index (χ2v) is 18.3. The Bertz CT molecular complexity index is 2490. The fraction of sp³-hybridized carbons (Fsp3) is 0.296. The van der Waals surface area contributed by atoms with Crippen LogP contribution in [0.4, 0.5) is 0 Å². The minimum Gasteiger partial charge on any atom is -0.388 e. The van der Waals surface area contributed by atoms with E-state index in [1.807, 2.05) is 140 Å². The summed E-state index contributed by atoms with van der Waals surface area (Å²) < 4.78 is 47.5. The summed E-state index contributed by atoms with van der Waals surface area (Å²) in [6.07, 6.45) is -7.80. The number of imide groups is 1. The number of carbonyl (C=O) groups excluding carboxylic acids is 2. The van der Waals surface area contributed by atoms with Crippen LogP contribution in [0.2, 0.25) is 5.02 Å². The van der Waals surface area contributed by atoms with Crippen molar-refractivity contribution >= 4 is 35.2 Å². The van der Waals surface area contributed by atoms with E-state index in [0.717, 1.165) is 32.0 Å². The van der Waals surface area contributed by atoms with Crippen LogP contribution in [0.25, 0.3) is 0 Å². The van der Waals surface area contributed by atoms with Gasteiger partial charge in [-0.15, -0.1) is 0 Å².